The van der Waals surface area contributed by atoms with Crippen molar-refractivity contribution < 1.29 is 17.1 Å². The van der Waals surface area contributed by atoms with Gasteiger partial charge in [0.2, 0.25) is 0 Å². The third kappa shape index (κ3) is 11.0. The van der Waals surface area contributed by atoms with E-state index in [4.69, 9.17) is 0 Å². The molecule has 0 bridgehead atoms. The molecule has 4 rings (SSSR count). The summed E-state index contributed by atoms with van der Waals surface area (Å²) in [5.41, 5.74) is 0. The molecule has 0 aliphatic carbocycles. The van der Waals surface area contributed by atoms with Crippen LogP contribution in [0.5, 0.6) is 0 Å². The van der Waals surface area contributed by atoms with Crippen LogP contribution in [0.3, 0.4) is 0 Å². The van der Waals surface area contributed by atoms with Gasteiger partial charge in [0.25, 0.3) is 0 Å². The monoisotopic (exact) mass is 500 g/mol. The molecule has 4 aromatic carbocycles. The minimum absolute atomic E-state index is 0. The van der Waals surface area contributed by atoms with E-state index in [-0.39, 0.29) is 41.9 Å². The fourth-order valence-corrected chi connectivity index (χ4v) is 4.52. The molecule has 0 spiro atoms. The van der Waals surface area contributed by atoms with Crippen LogP contribution < -0.4 is 21.2 Å². The largest absolute Gasteiger partial charge is 0.147 e. The maximum Gasteiger partial charge on any atom is 0 e. The first kappa shape index (κ1) is 27.8. The van der Waals surface area contributed by atoms with Crippen molar-refractivity contribution in [2.45, 2.75) is 0 Å². The van der Waals surface area contributed by atoms with Gasteiger partial charge in [0.05, 0.1) is 0 Å². The van der Waals surface area contributed by atoms with Gasteiger partial charge in [-0.1, -0.05) is 138 Å². The van der Waals surface area contributed by atoms with Crippen LogP contribution >= 0.6 is 42.0 Å². The molecule has 0 aliphatic heterocycles. The summed E-state index contributed by atoms with van der Waals surface area (Å²) in [5.74, 6) is 0. The Labute approximate surface area is 200 Å². The molecule has 152 valence electrons. The van der Waals surface area contributed by atoms with Crippen LogP contribution in [0, 0.1) is 0 Å². The Morgan fingerprint density at radius 1 is 0.310 bits per heavy atom. The molecule has 4 aromatic rings. The first-order valence-corrected chi connectivity index (χ1v) is 10.6. The van der Waals surface area contributed by atoms with Gasteiger partial charge in [0, 0.05) is 17.1 Å². The van der Waals surface area contributed by atoms with Gasteiger partial charge in [0.1, 0.15) is 0 Å². The summed E-state index contributed by atoms with van der Waals surface area (Å²) in [4.78, 5) is 0. The number of hydrogen-bond acceptors (Lipinski definition) is 0. The second kappa shape index (κ2) is 16.6. The summed E-state index contributed by atoms with van der Waals surface area (Å²) in [6, 6.07) is 42.3. The number of rotatable bonds is 4. The van der Waals surface area contributed by atoms with E-state index in [9.17, 15) is 0 Å². The smallest absolute Gasteiger partial charge is 0 e. The van der Waals surface area contributed by atoms with Gasteiger partial charge in [0.15, 0.2) is 0 Å². The van der Waals surface area contributed by atoms with E-state index in [2.05, 4.69) is 121 Å². The van der Waals surface area contributed by atoms with E-state index in [0.29, 0.717) is 0 Å². The Morgan fingerprint density at radius 2 is 0.483 bits per heavy atom. The van der Waals surface area contributed by atoms with Crippen LogP contribution in [0.1, 0.15) is 0 Å². The molecular weight excluding hydrogens is 477 g/mol. The van der Waals surface area contributed by atoms with E-state index in [1.807, 2.05) is 0 Å². The molecule has 0 saturated heterocycles. The summed E-state index contributed by atoms with van der Waals surface area (Å²) < 4.78 is 0. The topological polar surface area (TPSA) is 0 Å². The minimum Gasteiger partial charge on any atom is -0.147 e. The van der Waals surface area contributed by atoms with Gasteiger partial charge in [-0.3, -0.25) is 0 Å². The summed E-state index contributed by atoms with van der Waals surface area (Å²) in [6.45, 7) is 0. The van der Waals surface area contributed by atoms with Gasteiger partial charge in [-0.05, 0) is 21.2 Å². The van der Waals surface area contributed by atoms with Crippen molar-refractivity contribution in [1.29, 1.82) is 0 Å². The molecule has 0 saturated carbocycles. The second-order valence-electron chi connectivity index (χ2n) is 5.71. The van der Waals surface area contributed by atoms with Gasteiger partial charge in [-0.25, -0.2) is 0 Å². The minimum atomic E-state index is 0. The predicted molar refractivity (Wildman–Crippen MR) is 135 cm³/mol. The Morgan fingerprint density at radius 3 is 0.655 bits per heavy atom. The van der Waals surface area contributed by atoms with Crippen LogP contribution in [-0.2, 0) is 17.1 Å². The fourth-order valence-electron chi connectivity index (χ4n) is 2.42. The van der Waals surface area contributed by atoms with Crippen molar-refractivity contribution in [3.05, 3.63) is 121 Å². The third-order valence-corrected chi connectivity index (χ3v) is 6.16. The SMILES string of the molecule is Cl.Cl.[Fe].c1ccc(Pc2ccccc2)cc1.c1ccc(Pc2ccccc2)cc1. The molecule has 0 N–H and O–H groups in total. The molecule has 0 radical (unpaired) electrons. The molecule has 0 atom stereocenters. The molecule has 29 heavy (non-hydrogen) atoms. The molecule has 0 amide bonds. The molecule has 0 aliphatic rings. The van der Waals surface area contributed by atoms with Crippen LogP contribution in [0.2, 0.25) is 0 Å². The summed E-state index contributed by atoms with van der Waals surface area (Å²) >= 11 is 0. The average Bonchev–Trinajstić information content (AvgIpc) is 2.72. The Kier molecular flexibility index (Phi) is 16.0. The summed E-state index contributed by atoms with van der Waals surface area (Å²) in [6.07, 6.45) is 0. The molecule has 0 aromatic heterocycles. The summed E-state index contributed by atoms with van der Waals surface area (Å²) in [5, 5.41) is 5.59. The molecule has 0 fully saturated rings. The Hall–Kier alpha value is -1.16. The van der Waals surface area contributed by atoms with E-state index in [1.54, 1.807) is 0 Å². The molecule has 0 nitrogen and oxygen atoms in total. The number of benzene rings is 4. The zero-order valence-corrected chi connectivity index (χ0v) is 20.5. The van der Waals surface area contributed by atoms with E-state index in [0.717, 1.165) is 17.2 Å². The normalized spacial score (nSPS) is 8.83. The molecular formula is C24H24Cl2FeP2. The van der Waals surface area contributed by atoms with Crippen molar-refractivity contribution in [3.8, 4) is 0 Å². The van der Waals surface area contributed by atoms with E-state index in [1.165, 1.54) is 21.2 Å². The quantitative estimate of drug-likeness (QED) is 0.257. The number of hydrogen-bond donors (Lipinski definition) is 0. The van der Waals surface area contributed by atoms with Crippen molar-refractivity contribution in [2.24, 2.45) is 0 Å². The van der Waals surface area contributed by atoms with Crippen molar-refractivity contribution in [2.75, 3.05) is 0 Å². The first-order valence-electron chi connectivity index (χ1n) is 8.64. The average molecular weight is 501 g/mol. The first-order chi connectivity index (χ1) is 12.9. The van der Waals surface area contributed by atoms with Gasteiger partial charge >= 0.3 is 0 Å². The predicted octanol–water partition coefficient (Wildman–Crippen LogP) is 5.47. The van der Waals surface area contributed by atoms with Crippen LogP contribution in [-0.4, -0.2) is 0 Å². The maximum absolute atomic E-state index is 2.17. The third-order valence-electron chi connectivity index (χ3n) is 3.67. The van der Waals surface area contributed by atoms with Gasteiger partial charge in [-0.2, -0.15) is 0 Å². The second-order valence-corrected chi connectivity index (χ2v) is 8.52. The van der Waals surface area contributed by atoms with Crippen molar-refractivity contribution in [3.63, 3.8) is 0 Å². The van der Waals surface area contributed by atoms with Gasteiger partial charge < -0.3 is 0 Å². The molecule has 5 heteroatoms. The molecule has 0 unspecified atom stereocenters. The van der Waals surface area contributed by atoms with Crippen LogP contribution in [0.15, 0.2) is 121 Å². The zero-order valence-electron chi connectivity index (χ0n) is 15.7. The number of halogens is 2. The Balaban J connectivity index is 0.000000490. The Bertz CT molecular complexity index is 725. The standard InChI is InChI=1S/2C12H11P.2ClH.Fe/c2*1-3-7-11(8-4-1)13-12-9-5-2-6-10-12;;;/h2*1-10,13H;2*1H;. The van der Waals surface area contributed by atoms with Gasteiger partial charge in [-0.15, -0.1) is 24.8 Å². The van der Waals surface area contributed by atoms with Crippen molar-refractivity contribution in [1.82, 2.24) is 0 Å². The van der Waals surface area contributed by atoms with E-state index < -0.39 is 0 Å². The summed E-state index contributed by atoms with van der Waals surface area (Å²) in [7, 11) is 1.55. The van der Waals surface area contributed by atoms with Crippen molar-refractivity contribution >= 4 is 63.2 Å². The van der Waals surface area contributed by atoms with E-state index >= 15 is 0 Å². The molecule has 0 heterocycles. The van der Waals surface area contributed by atoms with Crippen LogP contribution in [0.25, 0.3) is 0 Å². The fraction of sp³-hybridized carbons (Fsp3) is 0. The van der Waals surface area contributed by atoms with Crippen LogP contribution in [0.4, 0.5) is 0 Å². The zero-order chi connectivity index (χ0) is 17.9. The maximum atomic E-state index is 2.17.